The predicted octanol–water partition coefficient (Wildman–Crippen LogP) is 5.80. The van der Waals surface area contributed by atoms with Gasteiger partial charge in [-0.05, 0) is 34.7 Å². The molecule has 2 aromatic heterocycles. The Bertz CT molecular complexity index is 1180. The Hall–Kier alpha value is -3.49. The number of unbranched alkanes of at least 4 members (excludes halogenated alkanes) is 2. The summed E-state index contributed by atoms with van der Waals surface area (Å²) in [5.41, 5.74) is 3.85. The lowest BCUT2D eigenvalue weighted by molar-refractivity contribution is -0.0232. The van der Waals surface area contributed by atoms with Crippen molar-refractivity contribution in [3.8, 4) is 22.5 Å². The van der Waals surface area contributed by atoms with Crippen LogP contribution in [0.2, 0.25) is 0 Å². The number of hydrogen-bond donors (Lipinski definition) is 1. The van der Waals surface area contributed by atoms with E-state index in [1.165, 1.54) is 0 Å². The molecule has 34 heavy (non-hydrogen) atoms. The van der Waals surface area contributed by atoms with Crippen LogP contribution in [0.4, 0.5) is 8.78 Å². The minimum Gasteiger partial charge on any atom is -0.249 e. The van der Waals surface area contributed by atoms with E-state index in [4.69, 9.17) is 0 Å². The van der Waals surface area contributed by atoms with E-state index in [1.807, 2.05) is 48.5 Å². The summed E-state index contributed by atoms with van der Waals surface area (Å²) in [6.07, 6.45) is 3.52. The molecule has 0 unspecified atom stereocenters. The first-order valence-electron chi connectivity index (χ1n) is 11.8. The highest BCUT2D eigenvalue weighted by Gasteiger charge is 2.36. The number of hydrogen-bond acceptors (Lipinski definition) is 5. The molecule has 7 nitrogen and oxygen atoms in total. The molecule has 0 amide bonds. The lowest BCUT2D eigenvalue weighted by Crippen LogP contribution is -2.15. The van der Waals surface area contributed by atoms with Gasteiger partial charge in [0.1, 0.15) is 5.82 Å². The van der Waals surface area contributed by atoms with Gasteiger partial charge in [0.25, 0.3) is 0 Å². The van der Waals surface area contributed by atoms with Gasteiger partial charge in [0, 0.05) is 24.9 Å². The highest BCUT2D eigenvalue weighted by molar-refractivity contribution is 5.80. The molecule has 0 saturated carbocycles. The number of benzene rings is 2. The van der Waals surface area contributed by atoms with E-state index in [1.54, 1.807) is 11.6 Å². The third-order valence-corrected chi connectivity index (χ3v) is 5.75. The fraction of sp³-hybridized carbons (Fsp3) is 0.400. The molecule has 0 atom stereocenters. The first-order chi connectivity index (χ1) is 16.5. The van der Waals surface area contributed by atoms with E-state index < -0.39 is 5.92 Å². The summed E-state index contributed by atoms with van der Waals surface area (Å²) in [5, 5.41) is 18.5. The lowest BCUT2D eigenvalue weighted by atomic mass is 9.98. The van der Waals surface area contributed by atoms with Crippen molar-refractivity contribution in [2.24, 2.45) is 0 Å². The minimum atomic E-state index is -3.01. The lowest BCUT2D eigenvalue weighted by Gasteiger charge is -2.10. The van der Waals surface area contributed by atoms with Gasteiger partial charge in [-0.3, -0.25) is 0 Å². The van der Waals surface area contributed by atoms with Crippen LogP contribution < -0.4 is 0 Å². The monoisotopic (exact) mass is 465 g/mol. The largest absolute Gasteiger partial charge is 0.308 e. The molecule has 9 heteroatoms. The summed E-state index contributed by atoms with van der Waals surface area (Å²) in [7, 11) is 0. The van der Waals surface area contributed by atoms with Gasteiger partial charge in [-0.15, -0.1) is 15.3 Å². The average molecular weight is 466 g/mol. The summed E-state index contributed by atoms with van der Waals surface area (Å²) in [5.74, 6) is -2.28. The Morgan fingerprint density at radius 1 is 0.941 bits per heavy atom. The summed E-state index contributed by atoms with van der Waals surface area (Å²) in [6, 6.07) is 15.9. The van der Waals surface area contributed by atoms with Crippen molar-refractivity contribution in [1.29, 1.82) is 0 Å². The van der Waals surface area contributed by atoms with Crippen molar-refractivity contribution in [1.82, 2.24) is 35.4 Å². The second-order valence-electron chi connectivity index (χ2n) is 8.39. The zero-order valence-corrected chi connectivity index (χ0v) is 19.5. The van der Waals surface area contributed by atoms with Gasteiger partial charge in [0.05, 0.1) is 0 Å². The molecule has 4 rings (SSSR count). The van der Waals surface area contributed by atoms with E-state index in [0.717, 1.165) is 41.5 Å². The molecular formula is C25H29F2N7. The maximum atomic E-state index is 14.5. The Balaban J connectivity index is 1.58. The van der Waals surface area contributed by atoms with Gasteiger partial charge in [0.15, 0.2) is 0 Å². The second-order valence-corrected chi connectivity index (χ2v) is 8.39. The van der Waals surface area contributed by atoms with Crippen LogP contribution in [0.3, 0.4) is 0 Å². The van der Waals surface area contributed by atoms with E-state index in [-0.39, 0.29) is 12.2 Å². The molecule has 2 heterocycles. The normalized spacial score (nSPS) is 11.8. The quantitative estimate of drug-likeness (QED) is 0.283. The molecule has 0 aliphatic rings. The number of halogens is 2. The van der Waals surface area contributed by atoms with Crippen molar-refractivity contribution in [2.45, 2.75) is 64.8 Å². The van der Waals surface area contributed by atoms with Crippen LogP contribution in [0.5, 0.6) is 0 Å². The highest BCUT2D eigenvalue weighted by atomic mass is 19.3. The fourth-order valence-corrected chi connectivity index (χ4v) is 3.97. The SMILES string of the molecule is CCCCCn1nc(C(F)(F)CCC)nc1Cc1ccc(-c2ccccc2-c2nn[nH]n2)cc1. The summed E-state index contributed by atoms with van der Waals surface area (Å²) in [6.45, 7) is 4.45. The van der Waals surface area contributed by atoms with E-state index in [0.29, 0.717) is 31.0 Å². The topological polar surface area (TPSA) is 85.2 Å². The van der Waals surface area contributed by atoms with Crippen molar-refractivity contribution >= 4 is 0 Å². The van der Waals surface area contributed by atoms with Crippen LogP contribution in [-0.2, 0) is 18.9 Å². The van der Waals surface area contributed by atoms with Crippen LogP contribution >= 0.6 is 0 Å². The zero-order chi connectivity index (χ0) is 24.0. The number of rotatable bonds is 11. The number of aryl methyl sites for hydroxylation is 1. The van der Waals surface area contributed by atoms with Crippen LogP contribution in [0.15, 0.2) is 48.5 Å². The van der Waals surface area contributed by atoms with Crippen molar-refractivity contribution < 1.29 is 8.78 Å². The molecule has 2 aromatic carbocycles. The van der Waals surface area contributed by atoms with Crippen molar-refractivity contribution in [3.63, 3.8) is 0 Å². The average Bonchev–Trinajstić information content (AvgIpc) is 3.51. The maximum absolute atomic E-state index is 14.5. The van der Waals surface area contributed by atoms with E-state index in [2.05, 4.69) is 37.6 Å². The number of nitrogens with zero attached hydrogens (tertiary/aromatic N) is 6. The Morgan fingerprint density at radius 3 is 2.38 bits per heavy atom. The molecule has 0 saturated heterocycles. The number of nitrogens with one attached hydrogen (secondary N) is 1. The molecule has 4 aromatic rings. The number of aromatic nitrogens is 7. The molecule has 0 spiro atoms. The molecule has 0 fully saturated rings. The molecule has 0 bridgehead atoms. The fourth-order valence-electron chi connectivity index (χ4n) is 3.97. The first kappa shape index (κ1) is 23.7. The molecule has 178 valence electrons. The Kier molecular flexibility index (Phi) is 7.40. The molecule has 0 aliphatic carbocycles. The summed E-state index contributed by atoms with van der Waals surface area (Å²) < 4.78 is 30.7. The number of H-pyrrole nitrogens is 1. The minimum absolute atomic E-state index is 0.250. The molecule has 1 N–H and O–H groups in total. The van der Waals surface area contributed by atoms with Gasteiger partial charge in [-0.1, -0.05) is 75.2 Å². The zero-order valence-electron chi connectivity index (χ0n) is 19.5. The van der Waals surface area contributed by atoms with Crippen LogP contribution in [-0.4, -0.2) is 35.4 Å². The van der Waals surface area contributed by atoms with E-state index in [9.17, 15) is 8.78 Å². The van der Waals surface area contributed by atoms with Gasteiger partial charge in [0.2, 0.25) is 11.6 Å². The maximum Gasteiger partial charge on any atom is 0.308 e. The number of alkyl halides is 2. The van der Waals surface area contributed by atoms with Crippen molar-refractivity contribution in [2.75, 3.05) is 0 Å². The highest BCUT2D eigenvalue weighted by Crippen LogP contribution is 2.32. The van der Waals surface area contributed by atoms with Gasteiger partial charge in [-0.2, -0.15) is 14.0 Å². The molecule has 0 radical (unpaired) electrons. The number of aromatic amines is 1. The standard InChI is InChI=1S/C25H29F2N7/c1-3-5-8-16-34-22(28-24(31-34)25(26,27)15-4-2)17-18-11-13-19(14-12-18)20-9-6-7-10-21(20)23-29-32-33-30-23/h6-7,9-14H,3-5,8,15-17H2,1-2H3,(H,29,30,32,33). The smallest absolute Gasteiger partial charge is 0.249 e. The summed E-state index contributed by atoms with van der Waals surface area (Å²) in [4.78, 5) is 4.28. The van der Waals surface area contributed by atoms with Crippen LogP contribution in [0.25, 0.3) is 22.5 Å². The van der Waals surface area contributed by atoms with Gasteiger partial charge < -0.3 is 0 Å². The van der Waals surface area contributed by atoms with Crippen molar-refractivity contribution in [3.05, 3.63) is 65.7 Å². The molecular weight excluding hydrogens is 436 g/mol. The summed E-state index contributed by atoms with van der Waals surface area (Å²) >= 11 is 0. The number of tetrazole rings is 1. The predicted molar refractivity (Wildman–Crippen MR) is 126 cm³/mol. The first-order valence-corrected chi connectivity index (χ1v) is 11.8. The Labute approximate surface area is 197 Å². The van der Waals surface area contributed by atoms with Crippen LogP contribution in [0.1, 0.15) is 63.2 Å². The Morgan fingerprint density at radius 2 is 1.71 bits per heavy atom. The third kappa shape index (κ3) is 5.35. The second kappa shape index (κ2) is 10.6. The van der Waals surface area contributed by atoms with Gasteiger partial charge >= 0.3 is 5.92 Å². The van der Waals surface area contributed by atoms with E-state index >= 15 is 0 Å². The molecule has 0 aliphatic heterocycles. The van der Waals surface area contributed by atoms with Crippen LogP contribution in [0, 0.1) is 0 Å². The van der Waals surface area contributed by atoms with Gasteiger partial charge in [-0.25, -0.2) is 9.67 Å². The third-order valence-electron chi connectivity index (χ3n) is 5.75.